The second-order valence-electron chi connectivity index (χ2n) is 5.38. The zero-order valence-corrected chi connectivity index (χ0v) is 12.0. The highest BCUT2D eigenvalue weighted by Crippen LogP contribution is 2.28. The van der Waals surface area contributed by atoms with Crippen LogP contribution in [0.2, 0.25) is 0 Å². The van der Waals surface area contributed by atoms with Crippen LogP contribution in [0.1, 0.15) is 36.8 Å². The summed E-state index contributed by atoms with van der Waals surface area (Å²) in [4.78, 5) is 0. The predicted octanol–water partition coefficient (Wildman–Crippen LogP) is 3.32. The van der Waals surface area contributed by atoms with Crippen LogP contribution in [-0.2, 0) is 0 Å². The van der Waals surface area contributed by atoms with Gasteiger partial charge in [0.1, 0.15) is 0 Å². The number of hydrogen-bond acceptors (Lipinski definition) is 2. The molecular formula is C18H22O2. The van der Waals surface area contributed by atoms with Gasteiger partial charge in [0.2, 0.25) is 0 Å². The van der Waals surface area contributed by atoms with Crippen LogP contribution in [0.3, 0.4) is 0 Å². The van der Waals surface area contributed by atoms with Gasteiger partial charge in [-0.05, 0) is 11.1 Å². The first-order chi connectivity index (χ1) is 9.61. The van der Waals surface area contributed by atoms with E-state index in [4.69, 9.17) is 0 Å². The highest BCUT2D eigenvalue weighted by molar-refractivity contribution is 5.23. The van der Waals surface area contributed by atoms with Gasteiger partial charge in [0.15, 0.2) is 0 Å². The van der Waals surface area contributed by atoms with Crippen LogP contribution >= 0.6 is 0 Å². The van der Waals surface area contributed by atoms with Crippen molar-refractivity contribution in [2.75, 3.05) is 0 Å². The Kier molecular flexibility index (Phi) is 4.94. The largest absolute Gasteiger partial charge is 0.390 e. The van der Waals surface area contributed by atoms with Crippen LogP contribution < -0.4 is 0 Å². The third-order valence-corrected chi connectivity index (χ3v) is 4.03. The molecule has 106 valence electrons. The van der Waals surface area contributed by atoms with Crippen LogP contribution in [0.4, 0.5) is 0 Å². The highest BCUT2D eigenvalue weighted by Gasteiger charge is 2.29. The molecule has 0 fully saturated rings. The summed E-state index contributed by atoms with van der Waals surface area (Å²) in [5.74, 6) is -0.199. The number of benzene rings is 2. The maximum absolute atomic E-state index is 10.4. The average molecular weight is 270 g/mol. The van der Waals surface area contributed by atoms with Crippen LogP contribution in [0.25, 0.3) is 0 Å². The van der Waals surface area contributed by atoms with Crippen molar-refractivity contribution in [3.63, 3.8) is 0 Å². The van der Waals surface area contributed by atoms with Gasteiger partial charge in [-0.1, -0.05) is 74.5 Å². The van der Waals surface area contributed by atoms with E-state index in [1.54, 1.807) is 0 Å². The van der Waals surface area contributed by atoms with Crippen molar-refractivity contribution in [2.45, 2.75) is 37.9 Å². The topological polar surface area (TPSA) is 40.5 Å². The molecule has 0 aliphatic rings. The molecule has 0 aromatic heterocycles. The Morgan fingerprint density at radius 1 is 0.600 bits per heavy atom. The van der Waals surface area contributed by atoms with Crippen molar-refractivity contribution in [3.8, 4) is 0 Å². The van der Waals surface area contributed by atoms with Crippen molar-refractivity contribution in [1.82, 2.24) is 0 Å². The van der Waals surface area contributed by atoms with Gasteiger partial charge in [0.05, 0.1) is 12.2 Å². The molecule has 2 N–H and O–H groups in total. The Labute approximate surface area is 120 Å². The molecule has 0 amide bonds. The Morgan fingerprint density at radius 3 is 1.20 bits per heavy atom. The first-order valence-corrected chi connectivity index (χ1v) is 7.07. The summed E-state index contributed by atoms with van der Waals surface area (Å²) in [5.41, 5.74) is 2.08. The van der Waals surface area contributed by atoms with Crippen molar-refractivity contribution in [1.29, 1.82) is 0 Å². The van der Waals surface area contributed by atoms with Gasteiger partial charge >= 0.3 is 0 Å². The Morgan fingerprint density at radius 2 is 0.900 bits per heavy atom. The van der Waals surface area contributed by atoms with Gasteiger partial charge in [-0.15, -0.1) is 0 Å². The van der Waals surface area contributed by atoms with E-state index in [0.717, 1.165) is 11.1 Å². The molecule has 0 radical (unpaired) electrons. The van der Waals surface area contributed by atoms with Crippen molar-refractivity contribution < 1.29 is 10.2 Å². The molecule has 0 heterocycles. The molecule has 4 atom stereocenters. The van der Waals surface area contributed by atoms with Crippen molar-refractivity contribution in [3.05, 3.63) is 71.8 Å². The SMILES string of the molecule is C[C@H](c1ccccc1)[C@@H](O)[C@H](O)[C@H](C)c1ccccc1. The summed E-state index contributed by atoms with van der Waals surface area (Å²) in [6, 6.07) is 19.6. The fourth-order valence-corrected chi connectivity index (χ4v) is 2.50. The van der Waals surface area contributed by atoms with E-state index < -0.39 is 12.2 Å². The zero-order chi connectivity index (χ0) is 14.5. The van der Waals surface area contributed by atoms with E-state index in [2.05, 4.69) is 0 Å². The van der Waals surface area contributed by atoms with Gasteiger partial charge in [-0.25, -0.2) is 0 Å². The number of hydrogen-bond donors (Lipinski definition) is 2. The van der Waals surface area contributed by atoms with E-state index in [1.165, 1.54) is 0 Å². The smallest absolute Gasteiger partial charge is 0.0870 e. The molecule has 20 heavy (non-hydrogen) atoms. The second kappa shape index (κ2) is 6.69. The van der Waals surface area contributed by atoms with Crippen LogP contribution in [0.5, 0.6) is 0 Å². The molecule has 0 saturated heterocycles. The molecule has 0 bridgehead atoms. The van der Waals surface area contributed by atoms with Gasteiger partial charge < -0.3 is 10.2 Å². The number of aliphatic hydroxyl groups is 2. The summed E-state index contributed by atoms with van der Waals surface area (Å²) in [6.07, 6.45) is -1.57. The number of aliphatic hydroxyl groups excluding tert-OH is 2. The summed E-state index contributed by atoms with van der Waals surface area (Å²) in [6.45, 7) is 3.89. The van der Waals surface area contributed by atoms with Crippen molar-refractivity contribution >= 4 is 0 Å². The molecule has 2 nitrogen and oxygen atoms in total. The molecule has 2 aromatic carbocycles. The van der Waals surface area contributed by atoms with Gasteiger partial charge in [-0.3, -0.25) is 0 Å². The van der Waals surface area contributed by atoms with E-state index in [1.807, 2.05) is 74.5 Å². The fraction of sp³-hybridized carbons (Fsp3) is 0.333. The lowest BCUT2D eigenvalue weighted by Crippen LogP contribution is -2.34. The fourth-order valence-electron chi connectivity index (χ4n) is 2.50. The summed E-state index contributed by atoms with van der Waals surface area (Å²) in [5, 5.41) is 20.8. The van der Waals surface area contributed by atoms with Crippen LogP contribution in [0.15, 0.2) is 60.7 Å². The van der Waals surface area contributed by atoms with E-state index in [-0.39, 0.29) is 11.8 Å². The maximum atomic E-state index is 10.4. The lowest BCUT2D eigenvalue weighted by Gasteiger charge is -2.28. The van der Waals surface area contributed by atoms with Crippen molar-refractivity contribution in [2.24, 2.45) is 0 Å². The Balaban J connectivity index is 2.10. The quantitative estimate of drug-likeness (QED) is 0.875. The normalized spacial score (nSPS) is 17.2. The standard InChI is InChI=1S/C18H22O2/c1-13(15-9-5-3-6-10-15)17(19)18(20)14(2)16-11-7-4-8-12-16/h3-14,17-20H,1-2H3/t13-,14-,17-,18-/m1/s1. The van der Waals surface area contributed by atoms with Crippen LogP contribution in [0, 0.1) is 0 Å². The molecule has 0 aliphatic carbocycles. The first-order valence-electron chi connectivity index (χ1n) is 7.07. The monoisotopic (exact) mass is 270 g/mol. The highest BCUT2D eigenvalue weighted by atomic mass is 16.3. The molecule has 2 rings (SSSR count). The minimum atomic E-state index is -0.785. The molecule has 0 unspecified atom stereocenters. The lowest BCUT2D eigenvalue weighted by molar-refractivity contribution is -0.00670. The third-order valence-electron chi connectivity index (χ3n) is 4.03. The summed E-state index contributed by atoms with van der Waals surface area (Å²) in [7, 11) is 0. The van der Waals surface area contributed by atoms with Crippen LogP contribution in [-0.4, -0.2) is 22.4 Å². The third kappa shape index (κ3) is 3.27. The predicted molar refractivity (Wildman–Crippen MR) is 81.7 cm³/mol. The summed E-state index contributed by atoms with van der Waals surface area (Å²) < 4.78 is 0. The van der Waals surface area contributed by atoms with Gasteiger partial charge in [-0.2, -0.15) is 0 Å². The minimum absolute atomic E-state index is 0.0997. The first kappa shape index (κ1) is 14.8. The maximum Gasteiger partial charge on any atom is 0.0870 e. The van der Waals surface area contributed by atoms with E-state index >= 15 is 0 Å². The average Bonchev–Trinajstić information content (AvgIpc) is 2.53. The second-order valence-corrected chi connectivity index (χ2v) is 5.38. The Hall–Kier alpha value is -1.64. The Bertz CT molecular complexity index is 460. The van der Waals surface area contributed by atoms with Gasteiger partial charge in [0, 0.05) is 11.8 Å². The molecule has 2 heteroatoms. The zero-order valence-electron chi connectivity index (χ0n) is 12.0. The molecular weight excluding hydrogens is 248 g/mol. The molecule has 0 aliphatic heterocycles. The molecule has 2 aromatic rings. The van der Waals surface area contributed by atoms with E-state index in [0.29, 0.717) is 0 Å². The number of rotatable bonds is 5. The lowest BCUT2D eigenvalue weighted by atomic mass is 9.84. The minimum Gasteiger partial charge on any atom is -0.390 e. The summed E-state index contributed by atoms with van der Waals surface area (Å²) >= 11 is 0. The van der Waals surface area contributed by atoms with Gasteiger partial charge in [0.25, 0.3) is 0 Å². The molecule has 0 saturated carbocycles. The van der Waals surface area contributed by atoms with E-state index in [9.17, 15) is 10.2 Å². The molecule has 0 spiro atoms.